The summed E-state index contributed by atoms with van der Waals surface area (Å²) in [6, 6.07) is 2.20. The molecule has 0 aliphatic heterocycles. The van der Waals surface area contributed by atoms with Crippen LogP contribution in [0.25, 0.3) is 0 Å². The van der Waals surface area contributed by atoms with Crippen LogP contribution in [-0.2, 0) is 6.18 Å². The molecular weight excluding hydrogens is 253 g/mol. The third kappa shape index (κ3) is 4.07. The minimum Gasteiger partial charge on any atom is -0.367 e. The summed E-state index contributed by atoms with van der Waals surface area (Å²) in [5, 5.41) is 2.79. The van der Waals surface area contributed by atoms with Gasteiger partial charge in [0.25, 0.3) is 0 Å². The SMILES string of the molecule is CCC(CCCl)Nc1ncccc1C(F)(F)F. The van der Waals surface area contributed by atoms with Crippen molar-refractivity contribution >= 4 is 17.4 Å². The largest absolute Gasteiger partial charge is 0.419 e. The van der Waals surface area contributed by atoms with Crippen LogP contribution in [-0.4, -0.2) is 16.9 Å². The Morgan fingerprint density at radius 2 is 2.18 bits per heavy atom. The van der Waals surface area contributed by atoms with Gasteiger partial charge in [-0.25, -0.2) is 4.98 Å². The molecule has 1 rings (SSSR count). The fourth-order valence-corrected chi connectivity index (χ4v) is 1.72. The van der Waals surface area contributed by atoms with Crippen LogP contribution < -0.4 is 5.32 Å². The molecule has 1 unspecified atom stereocenters. The summed E-state index contributed by atoms with van der Waals surface area (Å²) in [6.07, 6.45) is -1.76. The molecule has 1 N–H and O–H groups in total. The first kappa shape index (κ1) is 14.1. The molecule has 1 heterocycles. The molecule has 0 aromatic carbocycles. The predicted molar refractivity (Wildman–Crippen MR) is 62.3 cm³/mol. The maximum atomic E-state index is 12.7. The monoisotopic (exact) mass is 266 g/mol. The van der Waals surface area contributed by atoms with Gasteiger partial charge < -0.3 is 5.32 Å². The highest BCUT2D eigenvalue weighted by molar-refractivity contribution is 6.17. The molecule has 0 spiro atoms. The zero-order valence-corrected chi connectivity index (χ0v) is 10.1. The lowest BCUT2D eigenvalue weighted by molar-refractivity contribution is -0.137. The quantitative estimate of drug-likeness (QED) is 0.817. The van der Waals surface area contributed by atoms with Crippen molar-refractivity contribution in [1.82, 2.24) is 4.98 Å². The van der Waals surface area contributed by atoms with Gasteiger partial charge in [-0.3, -0.25) is 0 Å². The number of nitrogens with one attached hydrogen (secondary N) is 1. The summed E-state index contributed by atoms with van der Waals surface area (Å²) >= 11 is 5.59. The predicted octanol–water partition coefficient (Wildman–Crippen LogP) is 3.92. The maximum absolute atomic E-state index is 12.7. The van der Waals surface area contributed by atoms with Crippen LogP contribution in [0.15, 0.2) is 18.3 Å². The van der Waals surface area contributed by atoms with Crippen LogP contribution in [0.5, 0.6) is 0 Å². The van der Waals surface area contributed by atoms with Crippen LogP contribution in [0, 0.1) is 0 Å². The molecule has 0 aliphatic rings. The lowest BCUT2D eigenvalue weighted by atomic mass is 10.1. The summed E-state index contributed by atoms with van der Waals surface area (Å²) < 4.78 is 38.0. The highest BCUT2D eigenvalue weighted by atomic mass is 35.5. The van der Waals surface area contributed by atoms with Gasteiger partial charge in [0, 0.05) is 18.1 Å². The van der Waals surface area contributed by atoms with Crippen molar-refractivity contribution in [3.05, 3.63) is 23.9 Å². The van der Waals surface area contributed by atoms with Gasteiger partial charge in [-0.1, -0.05) is 6.92 Å². The molecule has 96 valence electrons. The maximum Gasteiger partial charge on any atom is 0.419 e. The lowest BCUT2D eigenvalue weighted by Gasteiger charge is -2.19. The number of alkyl halides is 4. The van der Waals surface area contributed by atoms with Crippen molar-refractivity contribution in [1.29, 1.82) is 0 Å². The topological polar surface area (TPSA) is 24.9 Å². The third-order valence-corrected chi connectivity index (χ3v) is 2.62. The first-order valence-corrected chi connectivity index (χ1v) is 5.87. The van der Waals surface area contributed by atoms with E-state index in [0.29, 0.717) is 18.7 Å². The van der Waals surface area contributed by atoms with Gasteiger partial charge in [0.2, 0.25) is 0 Å². The Bertz CT molecular complexity index is 355. The molecule has 1 aromatic rings. The molecule has 0 fully saturated rings. The van der Waals surface area contributed by atoms with E-state index in [1.54, 1.807) is 0 Å². The summed E-state index contributed by atoms with van der Waals surface area (Å²) in [5.41, 5.74) is -0.743. The number of rotatable bonds is 5. The van der Waals surface area contributed by atoms with Crippen LogP contribution >= 0.6 is 11.6 Å². The van der Waals surface area contributed by atoms with Crippen molar-refractivity contribution < 1.29 is 13.2 Å². The van der Waals surface area contributed by atoms with E-state index in [2.05, 4.69) is 10.3 Å². The van der Waals surface area contributed by atoms with Gasteiger partial charge in [-0.2, -0.15) is 13.2 Å². The molecule has 0 saturated carbocycles. The summed E-state index contributed by atoms with van der Waals surface area (Å²) in [5.74, 6) is 0.275. The zero-order chi connectivity index (χ0) is 12.9. The van der Waals surface area contributed by atoms with Crippen LogP contribution in [0.3, 0.4) is 0 Å². The Labute approximate surface area is 103 Å². The van der Waals surface area contributed by atoms with Crippen molar-refractivity contribution in [3.63, 3.8) is 0 Å². The van der Waals surface area contributed by atoms with E-state index in [9.17, 15) is 13.2 Å². The second kappa shape index (κ2) is 6.10. The van der Waals surface area contributed by atoms with Crippen molar-refractivity contribution in [2.75, 3.05) is 11.2 Å². The molecule has 1 aromatic heterocycles. The van der Waals surface area contributed by atoms with Gasteiger partial charge in [-0.05, 0) is 25.0 Å². The van der Waals surface area contributed by atoms with E-state index in [1.807, 2.05) is 6.92 Å². The molecule has 0 amide bonds. The second-order valence-corrected chi connectivity index (χ2v) is 4.00. The summed E-state index contributed by atoms with van der Waals surface area (Å²) in [4.78, 5) is 3.74. The Kier molecular flexibility index (Phi) is 5.05. The molecule has 0 aliphatic carbocycles. The van der Waals surface area contributed by atoms with Gasteiger partial charge in [0.1, 0.15) is 5.82 Å². The number of hydrogen-bond donors (Lipinski definition) is 1. The van der Waals surface area contributed by atoms with Crippen molar-refractivity contribution in [2.24, 2.45) is 0 Å². The number of halogens is 4. The smallest absolute Gasteiger partial charge is 0.367 e. The Hall–Kier alpha value is -0.970. The molecule has 0 saturated heterocycles. The van der Waals surface area contributed by atoms with E-state index in [1.165, 1.54) is 12.3 Å². The van der Waals surface area contributed by atoms with Gasteiger partial charge in [0.15, 0.2) is 0 Å². The number of pyridine rings is 1. The van der Waals surface area contributed by atoms with Crippen LogP contribution in [0.4, 0.5) is 19.0 Å². The zero-order valence-electron chi connectivity index (χ0n) is 9.39. The Morgan fingerprint density at radius 3 is 2.71 bits per heavy atom. The number of aromatic nitrogens is 1. The minimum absolute atomic E-state index is 0.0940. The van der Waals surface area contributed by atoms with Crippen molar-refractivity contribution in [3.8, 4) is 0 Å². The second-order valence-electron chi connectivity index (χ2n) is 3.62. The molecule has 17 heavy (non-hydrogen) atoms. The molecule has 0 radical (unpaired) electrons. The van der Waals surface area contributed by atoms with E-state index in [0.717, 1.165) is 6.07 Å². The first-order valence-electron chi connectivity index (χ1n) is 5.33. The van der Waals surface area contributed by atoms with Gasteiger partial charge in [-0.15, -0.1) is 11.6 Å². The van der Waals surface area contributed by atoms with Crippen LogP contribution in [0.1, 0.15) is 25.3 Å². The molecular formula is C11H14ClF3N2. The average molecular weight is 267 g/mol. The van der Waals surface area contributed by atoms with Crippen molar-refractivity contribution in [2.45, 2.75) is 32.0 Å². The molecule has 6 heteroatoms. The van der Waals surface area contributed by atoms with E-state index >= 15 is 0 Å². The van der Waals surface area contributed by atoms with Gasteiger partial charge >= 0.3 is 6.18 Å². The standard InChI is InChI=1S/C11H14ClF3N2/c1-2-8(5-6-12)17-10-9(11(13,14)15)4-3-7-16-10/h3-4,7-8H,2,5-6H2,1H3,(H,16,17). The normalized spacial score (nSPS) is 13.5. The lowest BCUT2D eigenvalue weighted by Crippen LogP contribution is -2.22. The first-order chi connectivity index (χ1) is 7.99. The highest BCUT2D eigenvalue weighted by Crippen LogP contribution is 2.33. The number of anilines is 1. The van der Waals surface area contributed by atoms with E-state index in [4.69, 9.17) is 11.6 Å². The Balaban J connectivity index is 2.90. The molecule has 0 bridgehead atoms. The Morgan fingerprint density at radius 1 is 1.47 bits per heavy atom. The van der Waals surface area contributed by atoms with E-state index < -0.39 is 11.7 Å². The molecule has 1 atom stereocenters. The number of nitrogens with zero attached hydrogens (tertiary/aromatic N) is 1. The molecule has 2 nitrogen and oxygen atoms in total. The van der Waals surface area contributed by atoms with Crippen LogP contribution in [0.2, 0.25) is 0 Å². The van der Waals surface area contributed by atoms with Gasteiger partial charge in [0.05, 0.1) is 5.56 Å². The third-order valence-electron chi connectivity index (χ3n) is 2.40. The highest BCUT2D eigenvalue weighted by Gasteiger charge is 2.34. The average Bonchev–Trinajstić information content (AvgIpc) is 2.27. The number of hydrogen-bond acceptors (Lipinski definition) is 2. The fraction of sp³-hybridized carbons (Fsp3) is 0.545. The summed E-state index contributed by atoms with van der Waals surface area (Å²) in [6.45, 7) is 1.89. The summed E-state index contributed by atoms with van der Waals surface area (Å²) in [7, 11) is 0. The minimum atomic E-state index is -4.39. The van der Waals surface area contributed by atoms with E-state index in [-0.39, 0.29) is 11.9 Å². The fourth-order valence-electron chi connectivity index (χ4n) is 1.45.